The smallest absolute Gasteiger partial charge is 0.165 e. The minimum Gasteiger partial charge on any atom is -0.494 e. The first-order chi connectivity index (χ1) is 7.74. The molecule has 1 aromatic carbocycles. The third-order valence-corrected chi connectivity index (χ3v) is 3.01. The van der Waals surface area contributed by atoms with Crippen LogP contribution < -0.4 is 4.74 Å². The van der Waals surface area contributed by atoms with E-state index < -0.39 is 5.82 Å². The standard InChI is InChI=1S/C11H8FNO2S/c1-15-10-4-7(2-3-9(10)12)11-13-5-8(6-14)16-11/h2-6H,1H3. The number of carbonyl (C=O) groups is 1. The summed E-state index contributed by atoms with van der Waals surface area (Å²) in [6, 6.07) is 4.48. The van der Waals surface area contributed by atoms with Gasteiger partial charge in [-0.25, -0.2) is 9.37 Å². The van der Waals surface area contributed by atoms with Gasteiger partial charge in [-0.05, 0) is 18.2 Å². The Morgan fingerprint density at radius 1 is 1.50 bits per heavy atom. The van der Waals surface area contributed by atoms with Crippen molar-refractivity contribution in [3.63, 3.8) is 0 Å². The zero-order chi connectivity index (χ0) is 11.5. The number of halogens is 1. The maximum Gasteiger partial charge on any atom is 0.165 e. The van der Waals surface area contributed by atoms with Crippen LogP contribution in [0.3, 0.4) is 0 Å². The van der Waals surface area contributed by atoms with Crippen molar-refractivity contribution >= 4 is 17.6 Å². The summed E-state index contributed by atoms with van der Waals surface area (Å²) in [5, 5.41) is 0.667. The van der Waals surface area contributed by atoms with Gasteiger partial charge < -0.3 is 4.74 Å². The number of hydrogen-bond donors (Lipinski definition) is 0. The molecule has 0 aliphatic heterocycles. The van der Waals surface area contributed by atoms with Crippen LogP contribution in [0.25, 0.3) is 10.6 Å². The summed E-state index contributed by atoms with van der Waals surface area (Å²) in [6.45, 7) is 0. The summed E-state index contributed by atoms with van der Waals surface area (Å²) in [6.07, 6.45) is 2.23. The van der Waals surface area contributed by atoms with E-state index in [1.165, 1.54) is 30.7 Å². The maximum atomic E-state index is 13.2. The van der Waals surface area contributed by atoms with E-state index >= 15 is 0 Å². The molecule has 0 unspecified atom stereocenters. The lowest BCUT2D eigenvalue weighted by Crippen LogP contribution is -1.88. The number of ether oxygens (including phenoxy) is 1. The largest absolute Gasteiger partial charge is 0.494 e. The molecule has 1 aromatic heterocycles. The van der Waals surface area contributed by atoms with Crippen molar-refractivity contribution in [1.29, 1.82) is 0 Å². The molecule has 82 valence electrons. The van der Waals surface area contributed by atoms with Crippen LogP contribution in [0.15, 0.2) is 24.4 Å². The molecule has 0 amide bonds. The van der Waals surface area contributed by atoms with Crippen molar-refractivity contribution < 1.29 is 13.9 Å². The fourth-order valence-corrected chi connectivity index (χ4v) is 1.99. The van der Waals surface area contributed by atoms with Crippen molar-refractivity contribution in [1.82, 2.24) is 4.98 Å². The highest BCUT2D eigenvalue weighted by atomic mass is 32.1. The topological polar surface area (TPSA) is 39.2 Å². The van der Waals surface area contributed by atoms with Crippen LogP contribution >= 0.6 is 11.3 Å². The minimum absolute atomic E-state index is 0.167. The Bertz CT molecular complexity index is 524. The van der Waals surface area contributed by atoms with Gasteiger partial charge in [-0.15, -0.1) is 11.3 Å². The van der Waals surface area contributed by atoms with Gasteiger partial charge in [-0.1, -0.05) is 0 Å². The summed E-state index contributed by atoms with van der Waals surface area (Å²) in [5.74, 6) is -0.251. The molecule has 0 fully saturated rings. The maximum absolute atomic E-state index is 13.2. The molecule has 2 rings (SSSR count). The summed E-state index contributed by atoms with van der Waals surface area (Å²) >= 11 is 1.25. The molecule has 0 aliphatic carbocycles. The van der Waals surface area contributed by atoms with E-state index in [0.29, 0.717) is 9.88 Å². The van der Waals surface area contributed by atoms with Crippen LogP contribution in [0, 0.1) is 5.82 Å². The first-order valence-electron chi connectivity index (χ1n) is 4.49. The predicted octanol–water partition coefficient (Wildman–Crippen LogP) is 2.77. The van der Waals surface area contributed by atoms with Crippen LogP contribution in [0.2, 0.25) is 0 Å². The van der Waals surface area contributed by atoms with Crippen molar-refractivity contribution in [2.45, 2.75) is 0 Å². The van der Waals surface area contributed by atoms with Gasteiger partial charge in [-0.3, -0.25) is 4.79 Å². The Balaban J connectivity index is 2.43. The highest BCUT2D eigenvalue weighted by Gasteiger charge is 2.08. The Hall–Kier alpha value is -1.75. The number of thiazole rings is 1. The van der Waals surface area contributed by atoms with Gasteiger partial charge in [0.25, 0.3) is 0 Å². The third-order valence-electron chi connectivity index (χ3n) is 2.04. The lowest BCUT2D eigenvalue weighted by Gasteiger charge is -2.03. The monoisotopic (exact) mass is 237 g/mol. The molecule has 1 heterocycles. The first kappa shape index (κ1) is 10.8. The van der Waals surface area contributed by atoms with Crippen LogP contribution in [0.4, 0.5) is 4.39 Å². The quantitative estimate of drug-likeness (QED) is 0.770. The Labute approximate surface area is 95.5 Å². The number of carbonyl (C=O) groups excluding carboxylic acids is 1. The van der Waals surface area contributed by atoms with E-state index in [-0.39, 0.29) is 5.75 Å². The minimum atomic E-state index is -0.418. The summed E-state index contributed by atoms with van der Waals surface area (Å²) < 4.78 is 18.0. The molecule has 0 atom stereocenters. The first-order valence-corrected chi connectivity index (χ1v) is 5.31. The second-order valence-corrected chi connectivity index (χ2v) is 4.10. The third kappa shape index (κ3) is 1.94. The predicted molar refractivity (Wildman–Crippen MR) is 59.4 cm³/mol. The van der Waals surface area contributed by atoms with E-state index in [1.807, 2.05) is 0 Å². The Kier molecular flexibility index (Phi) is 2.96. The lowest BCUT2D eigenvalue weighted by molar-refractivity contribution is 0.112. The highest BCUT2D eigenvalue weighted by molar-refractivity contribution is 7.16. The van der Waals surface area contributed by atoms with E-state index in [2.05, 4.69) is 4.98 Å². The highest BCUT2D eigenvalue weighted by Crippen LogP contribution is 2.28. The zero-order valence-corrected chi connectivity index (χ0v) is 9.25. The van der Waals surface area contributed by atoms with Gasteiger partial charge in [0.1, 0.15) is 5.01 Å². The fourth-order valence-electron chi connectivity index (χ4n) is 1.27. The van der Waals surface area contributed by atoms with Crippen LogP contribution in [0.1, 0.15) is 9.67 Å². The SMILES string of the molecule is COc1cc(-c2ncc(C=O)s2)ccc1F. The zero-order valence-electron chi connectivity index (χ0n) is 8.44. The molecule has 3 nitrogen and oxygen atoms in total. The summed E-state index contributed by atoms with van der Waals surface area (Å²) in [7, 11) is 1.40. The molecule has 0 aliphatic rings. The molecule has 2 aromatic rings. The van der Waals surface area contributed by atoms with Crippen molar-refractivity contribution in [3.8, 4) is 16.3 Å². The second-order valence-electron chi connectivity index (χ2n) is 3.03. The average Bonchev–Trinajstić information content (AvgIpc) is 2.78. The normalized spacial score (nSPS) is 10.1. The molecular weight excluding hydrogens is 229 g/mol. The number of aromatic nitrogens is 1. The fraction of sp³-hybridized carbons (Fsp3) is 0.0909. The van der Waals surface area contributed by atoms with Gasteiger partial charge in [0.15, 0.2) is 17.9 Å². The van der Waals surface area contributed by atoms with Gasteiger partial charge in [-0.2, -0.15) is 0 Å². The number of nitrogens with zero attached hydrogens (tertiary/aromatic N) is 1. The Morgan fingerprint density at radius 3 is 2.94 bits per heavy atom. The van der Waals surface area contributed by atoms with Gasteiger partial charge >= 0.3 is 0 Å². The summed E-state index contributed by atoms with van der Waals surface area (Å²) in [5.41, 5.74) is 0.733. The number of aldehydes is 1. The molecule has 0 radical (unpaired) electrons. The second kappa shape index (κ2) is 4.40. The number of rotatable bonds is 3. The van der Waals surface area contributed by atoms with Crippen LogP contribution in [-0.4, -0.2) is 18.4 Å². The van der Waals surface area contributed by atoms with E-state index in [4.69, 9.17) is 4.74 Å². The molecule has 16 heavy (non-hydrogen) atoms. The Morgan fingerprint density at radius 2 is 2.31 bits per heavy atom. The van der Waals surface area contributed by atoms with Gasteiger partial charge in [0.2, 0.25) is 0 Å². The van der Waals surface area contributed by atoms with Crippen LogP contribution in [-0.2, 0) is 0 Å². The van der Waals surface area contributed by atoms with Crippen LogP contribution in [0.5, 0.6) is 5.75 Å². The number of benzene rings is 1. The summed E-state index contributed by atoms with van der Waals surface area (Å²) in [4.78, 5) is 15.1. The molecular formula is C11H8FNO2S. The van der Waals surface area contributed by atoms with Gasteiger partial charge in [0, 0.05) is 11.8 Å². The van der Waals surface area contributed by atoms with Crippen molar-refractivity contribution in [2.75, 3.05) is 7.11 Å². The molecule has 0 bridgehead atoms. The average molecular weight is 237 g/mol. The van der Waals surface area contributed by atoms with Gasteiger partial charge in [0.05, 0.1) is 12.0 Å². The molecule has 0 spiro atoms. The van der Waals surface area contributed by atoms with Crippen molar-refractivity contribution in [2.24, 2.45) is 0 Å². The molecule has 0 saturated carbocycles. The number of methoxy groups -OCH3 is 1. The van der Waals surface area contributed by atoms with E-state index in [9.17, 15) is 9.18 Å². The molecule has 5 heteroatoms. The van der Waals surface area contributed by atoms with E-state index in [1.54, 1.807) is 12.1 Å². The van der Waals surface area contributed by atoms with E-state index in [0.717, 1.165) is 11.8 Å². The lowest BCUT2D eigenvalue weighted by atomic mass is 10.2. The molecule has 0 saturated heterocycles. The molecule has 0 N–H and O–H groups in total. The number of hydrogen-bond acceptors (Lipinski definition) is 4. The van der Waals surface area contributed by atoms with Crippen molar-refractivity contribution in [3.05, 3.63) is 35.1 Å².